The van der Waals surface area contributed by atoms with Gasteiger partial charge in [0, 0.05) is 38.1 Å². The molecule has 0 aliphatic carbocycles. The van der Waals surface area contributed by atoms with Gasteiger partial charge in [-0.25, -0.2) is 8.42 Å². The summed E-state index contributed by atoms with van der Waals surface area (Å²) in [5.41, 5.74) is 1.51. The number of piperidine rings is 1. The molecule has 3 aromatic carbocycles. The number of hydrogen-bond acceptors (Lipinski definition) is 4. The van der Waals surface area contributed by atoms with E-state index in [1.165, 1.54) is 4.31 Å². The Morgan fingerprint density at radius 3 is 2.38 bits per heavy atom. The van der Waals surface area contributed by atoms with Crippen LogP contribution in [0.1, 0.15) is 12.8 Å². The molecule has 1 aliphatic rings. The first-order valence-corrected chi connectivity index (χ1v) is 12.3. The Kier molecular flexibility index (Phi) is 6.42. The van der Waals surface area contributed by atoms with E-state index in [1.54, 1.807) is 24.3 Å². The number of anilines is 2. The zero-order valence-corrected chi connectivity index (χ0v) is 19.7. The van der Waals surface area contributed by atoms with Gasteiger partial charge in [-0.05, 0) is 53.9 Å². The number of benzene rings is 3. The van der Waals surface area contributed by atoms with Gasteiger partial charge in [0.15, 0.2) is 0 Å². The van der Waals surface area contributed by atoms with E-state index in [0.29, 0.717) is 36.6 Å². The van der Waals surface area contributed by atoms with Crippen molar-refractivity contribution in [3.05, 3.63) is 65.7 Å². The van der Waals surface area contributed by atoms with Crippen molar-refractivity contribution in [1.82, 2.24) is 4.31 Å². The van der Waals surface area contributed by atoms with E-state index >= 15 is 0 Å². The molecule has 0 spiro atoms. The van der Waals surface area contributed by atoms with E-state index in [1.807, 2.05) is 55.4 Å². The van der Waals surface area contributed by atoms with Crippen LogP contribution in [0.2, 0.25) is 5.02 Å². The molecule has 1 heterocycles. The summed E-state index contributed by atoms with van der Waals surface area (Å²) in [5, 5.41) is 5.41. The maximum atomic E-state index is 13.2. The molecular weight excluding hydrogens is 446 g/mol. The number of carbonyl (C=O) groups is 1. The lowest BCUT2D eigenvalue weighted by atomic mass is 9.97. The molecule has 0 saturated carbocycles. The van der Waals surface area contributed by atoms with E-state index in [0.717, 1.165) is 16.5 Å². The first kappa shape index (κ1) is 22.6. The highest BCUT2D eigenvalue weighted by Crippen LogP contribution is 2.30. The molecule has 6 nitrogen and oxygen atoms in total. The van der Waals surface area contributed by atoms with Crippen LogP contribution in [0.25, 0.3) is 10.8 Å². The Labute approximate surface area is 193 Å². The number of nitrogens with one attached hydrogen (secondary N) is 1. The van der Waals surface area contributed by atoms with Crippen molar-refractivity contribution in [1.29, 1.82) is 0 Å². The molecule has 0 radical (unpaired) electrons. The maximum absolute atomic E-state index is 13.2. The Balaban J connectivity index is 1.44. The zero-order chi connectivity index (χ0) is 22.9. The number of hydrogen-bond donors (Lipinski definition) is 1. The minimum absolute atomic E-state index is 0.113. The highest BCUT2D eigenvalue weighted by atomic mass is 35.5. The van der Waals surface area contributed by atoms with E-state index in [4.69, 9.17) is 11.6 Å². The van der Waals surface area contributed by atoms with Crippen LogP contribution >= 0.6 is 11.6 Å². The van der Waals surface area contributed by atoms with Gasteiger partial charge in [0.25, 0.3) is 0 Å². The molecule has 1 saturated heterocycles. The van der Waals surface area contributed by atoms with Gasteiger partial charge in [-0.15, -0.1) is 0 Å². The molecule has 4 rings (SSSR count). The molecule has 3 aromatic rings. The molecule has 1 N–H and O–H groups in total. The highest BCUT2D eigenvalue weighted by molar-refractivity contribution is 7.89. The molecule has 0 unspecified atom stereocenters. The number of carbonyl (C=O) groups excluding carboxylic acids is 1. The first-order chi connectivity index (χ1) is 15.3. The van der Waals surface area contributed by atoms with Crippen LogP contribution in [-0.4, -0.2) is 45.8 Å². The summed E-state index contributed by atoms with van der Waals surface area (Å²) in [4.78, 5) is 15.1. The van der Waals surface area contributed by atoms with Crippen LogP contribution in [0.5, 0.6) is 0 Å². The highest BCUT2D eigenvalue weighted by Gasteiger charge is 2.32. The molecule has 0 bridgehead atoms. The third-order valence-corrected chi connectivity index (χ3v) is 8.01. The van der Waals surface area contributed by atoms with Gasteiger partial charge in [0.1, 0.15) is 0 Å². The van der Waals surface area contributed by atoms with E-state index in [9.17, 15) is 13.2 Å². The molecular formula is C24H26ClN3O3S. The van der Waals surface area contributed by atoms with Crippen molar-refractivity contribution in [2.24, 2.45) is 5.92 Å². The number of amides is 1. The van der Waals surface area contributed by atoms with Gasteiger partial charge in [-0.1, -0.05) is 41.9 Å². The van der Waals surface area contributed by atoms with Crippen molar-refractivity contribution in [3.63, 3.8) is 0 Å². The van der Waals surface area contributed by atoms with Crippen molar-refractivity contribution < 1.29 is 13.2 Å². The number of nitrogens with zero attached hydrogens (tertiary/aromatic N) is 2. The standard InChI is InChI=1S/C24H26ClN3O3S/c1-27(2)23-10-8-20(25)16-22(23)26-24(29)18-11-13-28(14-12-18)32(30,31)21-9-7-17-5-3-4-6-19(17)15-21/h3-10,15-16,18H,11-14H2,1-2H3,(H,26,29). The molecule has 0 atom stereocenters. The van der Waals surface area contributed by atoms with Gasteiger partial charge in [0.05, 0.1) is 16.3 Å². The maximum Gasteiger partial charge on any atom is 0.243 e. The molecule has 32 heavy (non-hydrogen) atoms. The quantitative estimate of drug-likeness (QED) is 0.590. The van der Waals surface area contributed by atoms with Crippen molar-refractivity contribution in [2.45, 2.75) is 17.7 Å². The normalized spacial score (nSPS) is 15.6. The minimum atomic E-state index is -3.61. The van der Waals surface area contributed by atoms with Crippen LogP contribution in [0.15, 0.2) is 65.6 Å². The van der Waals surface area contributed by atoms with E-state index in [2.05, 4.69) is 5.32 Å². The Hall–Kier alpha value is -2.61. The molecule has 1 fully saturated rings. The van der Waals surface area contributed by atoms with Crippen LogP contribution in [-0.2, 0) is 14.8 Å². The molecule has 1 amide bonds. The molecule has 1 aliphatic heterocycles. The topological polar surface area (TPSA) is 69.7 Å². The zero-order valence-electron chi connectivity index (χ0n) is 18.1. The average Bonchev–Trinajstić information content (AvgIpc) is 2.78. The summed E-state index contributed by atoms with van der Waals surface area (Å²) in [7, 11) is 0.188. The lowest BCUT2D eigenvalue weighted by Crippen LogP contribution is -2.41. The van der Waals surface area contributed by atoms with Gasteiger partial charge >= 0.3 is 0 Å². The Morgan fingerprint density at radius 1 is 1.00 bits per heavy atom. The Morgan fingerprint density at radius 2 is 1.69 bits per heavy atom. The first-order valence-electron chi connectivity index (χ1n) is 10.5. The van der Waals surface area contributed by atoms with Gasteiger partial charge in [0.2, 0.25) is 15.9 Å². The predicted octanol–water partition coefficient (Wildman–Crippen LogP) is 4.60. The summed E-state index contributed by atoms with van der Waals surface area (Å²) in [6.07, 6.45) is 0.938. The van der Waals surface area contributed by atoms with Crippen LogP contribution < -0.4 is 10.2 Å². The molecule has 0 aromatic heterocycles. The van der Waals surface area contributed by atoms with Crippen molar-refractivity contribution in [3.8, 4) is 0 Å². The molecule has 168 valence electrons. The summed E-state index contributed by atoms with van der Waals surface area (Å²) in [6, 6.07) is 18.2. The Bertz CT molecular complexity index is 1250. The van der Waals surface area contributed by atoms with E-state index < -0.39 is 10.0 Å². The number of sulfonamides is 1. The molecule has 8 heteroatoms. The summed E-state index contributed by atoms with van der Waals surface area (Å²) in [5.74, 6) is -0.370. The second-order valence-electron chi connectivity index (χ2n) is 8.23. The number of rotatable bonds is 5. The fourth-order valence-electron chi connectivity index (χ4n) is 4.07. The monoisotopic (exact) mass is 471 g/mol. The fraction of sp³-hybridized carbons (Fsp3) is 0.292. The fourth-order valence-corrected chi connectivity index (χ4v) is 5.75. The largest absolute Gasteiger partial charge is 0.376 e. The van der Waals surface area contributed by atoms with Gasteiger partial charge in [-0.3, -0.25) is 4.79 Å². The van der Waals surface area contributed by atoms with Crippen molar-refractivity contribution >= 4 is 49.7 Å². The minimum Gasteiger partial charge on any atom is -0.376 e. The van der Waals surface area contributed by atoms with Crippen LogP contribution in [0.3, 0.4) is 0 Å². The van der Waals surface area contributed by atoms with Gasteiger partial charge in [-0.2, -0.15) is 4.31 Å². The summed E-state index contributed by atoms with van der Waals surface area (Å²) >= 11 is 6.11. The summed E-state index contributed by atoms with van der Waals surface area (Å²) in [6.45, 7) is 0.618. The van der Waals surface area contributed by atoms with Gasteiger partial charge < -0.3 is 10.2 Å². The van der Waals surface area contributed by atoms with Crippen LogP contribution in [0, 0.1) is 5.92 Å². The number of fused-ring (bicyclic) bond motifs is 1. The number of halogens is 1. The van der Waals surface area contributed by atoms with Crippen molar-refractivity contribution in [2.75, 3.05) is 37.4 Å². The van der Waals surface area contributed by atoms with E-state index in [-0.39, 0.29) is 16.7 Å². The third kappa shape index (κ3) is 4.60. The van der Waals surface area contributed by atoms with Crippen LogP contribution in [0.4, 0.5) is 11.4 Å². The average molecular weight is 472 g/mol. The second-order valence-corrected chi connectivity index (χ2v) is 10.6. The smallest absolute Gasteiger partial charge is 0.243 e. The predicted molar refractivity (Wildman–Crippen MR) is 130 cm³/mol. The SMILES string of the molecule is CN(C)c1ccc(Cl)cc1NC(=O)C1CCN(S(=O)(=O)c2ccc3ccccc3c2)CC1. The third-order valence-electron chi connectivity index (χ3n) is 5.88. The summed E-state index contributed by atoms with van der Waals surface area (Å²) < 4.78 is 27.8. The lowest BCUT2D eigenvalue weighted by Gasteiger charge is -2.31. The second kappa shape index (κ2) is 9.10. The lowest BCUT2D eigenvalue weighted by molar-refractivity contribution is -0.120.